The third kappa shape index (κ3) is 6.61. The fourth-order valence-electron chi connectivity index (χ4n) is 5.47. The van der Waals surface area contributed by atoms with Gasteiger partial charge in [-0.25, -0.2) is 5.43 Å². The van der Waals surface area contributed by atoms with Crippen LogP contribution < -0.4 is 37.6 Å². The molecule has 3 saturated heterocycles. The van der Waals surface area contributed by atoms with E-state index in [1.54, 1.807) is 0 Å². The zero-order valence-corrected chi connectivity index (χ0v) is 19.1. The first kappa shape index (κ1) is 23.8. The molecule has 6 unspecified atom stereocenters. The monoisotopic (exact) mass is 451 g/mol. The van der Waals surface area contributed by atoms with Gasteiger partial charge in [-0.3, -0.25) is 25.2 Å². The minimum Gasteiger partial charge on any atom is -0.356 e. The summed E-state index contributed by atoms with van der Waals surface area (Å²) in [5.41, 5.74) is 9.04. The average Bonchev–Trinajstić information content (AvgIpc) is 3.30. The highest BCUT2D eigenvalue weighted by atomic mass is 16.7. The van der Waals surface area contributed by atoms with Gasteiger partial charge in [-0.1, -0.05) is 19.3 Å². The molecular formula is C22H41N7O3. The second kappa shape index (κ2) is 12.2. The smallest absolute Gasteiger partial charge is 0.237 e. The molecule has 4 fully saturated rings. The lowest BCUT2D eigenvalue weighted by Gasteiger charge is -2.41. The van der Waals surface area contributed by atoms with Gasteiger partial charge in [0.2, 0.25) is 11.8 Å². The topological polar surface area (TPSA) is 128 Å². The number of nitrogens with one attached hydrogen (secondary N) is 7. The molecule has 10 nitrogen and oxygen atoms in total. The maximum atomic E-state index is 12.1. The summed E-state index contributed by atoms with van der Waals surface area (Å²) in [6.07, 6.45) is 11.3. The second-order valence-corrected chi connectivity index (χ2v) is 9.64. The van der Waals surface area contributed by atoms with Crippen LogP contribution in [0.4, 0.5) is 0 Å². The van der Waals surface area contributed by atoms with E-state index < -0.39 is 0 Å². The summed E-state index contributed by atoms with van der Waals surface area (Å²) in [7, 11) is 0. The zero-order chi connectivity index (χ0) is 22.2. The van der Waals surface area contributed by atoms with Gasteiger partial charge in [0.1, 0.15) is 6.23 Å². The average molecular weight is 452 g/mol. The highest BCUT2D eigenvalue weighted by Crippen LogP contribution is 2.33. The van der Waals surface area contributed by atoms with Crippen LogP contribution in [-0.2, 0) is 14.4 Å². The lowest BCUT2D eigenvalue weighted by Crippen LogP contribution is -2.64. The first-order chi connectivity index (χ1) is 15.7. The predicted octanol–water partition coefficient (Wildman–Crippen LogP) is -0.0618. The molecule has 1 saturated carbocycles. The Morgan fingerprint density at radius 1 is 1.06 bits per heavy atom. The standard InChI is InChI=1S/C22H41N7O3/c30-18(10-5-11-19-26-21(29-32-19)17-9-3-4-12-23-17)24-13-6-14-25-20-15-7-1-2-8-16(15)22(31)28-27-20/h15-17,19-21,23,25-27,29H,1-14H2,(H,24,30)(H,28,31). The molecule has 6 atom stereocenters. The van der Waals surface area contributed by atoms with E-state index in [9.17, 15) is 9.59 Å². The van der Waals surface area contributed by atoms with E-state index in [1.165, 1.54) is 19.3 Å². The molecule has 3 heterocycles. The minimum absolute atomic E-state index is 0.0344. The summed E-state index contributed by atoms with van der Waals surface area (Å²) >= 11 is 0. The van der Waals surface area contributed by atoms with Crippen LogP contribution in [0, 0.1) is 11.8 Å². The fourth-order valence-corrected chi connectivity index (χ4v) is 5.47. The van der Waals surface area contributed by atoms with Crippen LogP contribution in [0.25, 0.3) is 0 Å². The van der Waals surface area contributed by atoms with Gasteiger partial charge in [-0.15, -0.1) is 0 Å². The van der Waals surface area contributed by atoms with E-state index in [-0.39, 0.29) is 36.3 Å². The molecule has 0 aromatic carbocycles. The fraction of sp³-hybridized carbons (Fsp3) is 0.909. The molecule has 0 bridgehead atoms. The van der Waals surface area contributed by atoms with Gasteiger partial charge in [-0.05, 0) is 58.0 Å². The predicted molar refractivity (Wildman–Crippen MR) is 121 cm³/mol. The van der Waals surface area contributed by atoms with Crippen molar-refractivity contribution < 1.29 is 14.4 Å². The number of hydrogen-bond donors (Lipinski definition) is 7. The lowest BCUT2D eigenvalue weighted by molar-refractivity contribution is -0.134. The summed E-state index contributed by atoms with van der Waals surface area (Å²) in [5, 5.41) is 13.5. The molecule has 10 heteroatoms. The number of hydrogen-bond acceptors (Lipinski definition) is 8. The van der Waals surface area contributed by atoms with Crippen molar-refractivity contribution >= 4 is 11.8 Å². The molecule has 0 aromatic heterocycles. The SMILES string of the molecule is O=C(CCCC1NC(C2CCCCN2)NO1)NCCCNC1NNC(=O)C2CCCCC12. The highest BCUT2D eigenvalue weighted by Gasteiger charge is 2.39. The van der Waals surface area contributed by atoms with Gasteiger partial charge in [0.15, 0.2) is 0 Å². The van der Waals surface area contributed by atoms with Gasteiger partial charge in [-0.2, -0.15) is 5.48 Å². The third-order valence-electron chi connectivity index (χ3n) is 7.30. The van der Waals surface area contributed by atoms with Crippen LogP contribution in [0.5, 0.6) is 0 Å². The molecule has 1 aliphatic carbocycles. The Labute approximate surface area is 191 Å². The van der Waals surface area contributed by atoms with Crippen LogP contribution in [0.2, 0.25) is 0 Å². The molecule has 0 aromatic rings. The number of fused-ring (bicyclic) bond motifs is 1. The molecule has 3 aliphatic heterocycles. The Morgan fingerprint density at radius 3 is 2.81 bits per heavy atom. The van der Waals surface area contributed by atoms with E-state index in [0.717, 1.165) is 58.0 Å². The van der Waals surface area contributed by atoms with Crippen molar-refractivity contribution in [2.75, 3.05) is 19.6 Å². The van der Waals surface area contributed by atoms with Crippen LogP contribution in [0.15, 0.2) is 0 Å². The van der Waals surface area contributed by atoms with E-state index in [2.05, 4.69) is 37.6 Å². The van der Waals surface area contributed by atoms with Crippen LogP contribution in [0.1, 0.15) is 70.6 Å². The van der Waals surface area contributed by atoms with Crippen LogP contribution in [-0.4, -0.2) is 56.0 Å². The lowest BCUT2D eigenvalue weighted by atomic mass is 9.76. The molecule has 32 heavy (non-hydrogen) atoms. The van der Waals surface area contributed by atoms with Crippen molar-refractivity contribution in [3.63, 3.8) is 0 Å². The number of hydrazine groups is 1. The van der Waals surface area contributed by atoms with Crippen molar-refractivity contribution in [2.24, 2.45) is 11.8 Å². The Hall–Kier alpha value is -1.30. The summed E-state index contributed by atoms with van der Waals surface area (Å²) < 4.78 is 0. The quantitative estimate of drug-likeness (QED) is 0.230. The Kier molecular flexibility index (Phi) is 9.12. The first-order valence-electron chi connectivity index (χ1n) is 12.7. The minimum atomic E-state index is -0.0344. The number of rotatable bonds is 10. The number of amides is 2. The van der Waals surface area contributed by atoms with Crippen molar-refractivity contribution in [2.45, 2.75) is 95.2 Å². The molecule has 7 N–H and O–H groups in total. The van der Waals surface area contributed by atoms with Crippen molar-refractivity contribution in [1.29, 1.82) is 0 Å². The van der Waals surface area contributed by atoms with E-state index in [1.807, 2.05) is 0 Å². The molecule has 4 aliphatic rings. The second-order valence-electron chi connectivity index (χ2n) is 9.64. The zero-order valence-electron chi connectivity index (χ0n) is 19.1. The van der Waals surface area contributed by atoms with Crippen molar-refractivity contribution in [1.82, 2.24) is 37.6 Å². The summed E-state index contributed by atoms with van der Waals surface area (Å²) in [5.74, 6) is 0.721. The number of carbonyl (C=O) groups excluding carboxylic acids is 2. The summed E-state index contributed by atoms with van der Waals surface area (Å²) in [4.78, 5) is 29.8. The molecule has 0 radical (unpaired) electrons. The van der Waals surface area contributed by atoms with E-state index >= 15 is 0 Å². The number of piperidine rings is 1. The summed E-state index contributed by atoms with van der Waals surface area (Å²) in [6.45, 7) is 2.53. The van der Waals surface area contributed by atoms with Crippen molar-refractivity contribution in [3.8, 4) is 0 Å². The normalized spacial score (nSPS) is 35.2. The Bertz CT molecular complexity index is 616. The number of hydroxylamine groups is 1. The third-order valence-corrected chi connectivity index (χ3v) is 7.30. The molecular weight excluding hydrogens is 410 g/mol. The molecule has 182 valence electrons. The highest BCUT2D eigenvalue weighted by molar-refractivity contribution is 5.79. The van der Waals surface area contributed by atoms with Gasteiger partial charge in [0.05, 0.1) is 12.3 Å². The van der Waals surface area contributed by atoms with Crippen LogP contribution >= 0.6 is 0 Å². The van der Waals surface area contributed by atoms with Gasteiger partial charge < -0.3 is 16.0 Å². The Balaban J connectivity index is 1.02. The maximum absolute atomic E-state index is 12.1. The first-order valence-corrected chi connectivity index (χ1v) is 12.7. The molecule has 0 spiro atoms. The van der Waals surface area contributed by atoms with Crippen molar-refractivity contribution in [3.05, 3.63) is 0 Å². The summed E-state index contributed by atoms with van der Waals surface area (Å²) in [6, 6.07) is 0.412. The number of carbonyl (C=O) groups is 2. The Morgan fingerprint density at radius 2 is 1.94 bits per heavy atom. The maximum Gasteiger partial charge on any atom is 0.237 e. The van der Waals surface area contributed by atoms with Gasteiger partial charge >= 0.3 is 0 Å². The van der Waals surface area contributed by atoms with Crippen LogP contribution in [0.3, 0.4) is 0 Å². The van der Waals surface area contributed by atoms with Gasteiger partial charge in [0, 0.05) is 30.8 Å². The largest absolute Gasteiger partial charge is 0.356 e. The van der Waals surface area contributed by atoms with E-state index in [4.69, 9.17) is 4.84 Å². The van der Waals surface area contributed by atoms with E-state index in [0.29, 0.717) is 24.9 Å². The molecule has 2 amide bonds. The molecule has 4 rings (SSSR count). The van der Waals surface area contributed by atoms with Gasteiger partial charge in [0.25, 0.3) is 0 Å².